The van der Waals surface area contributed by atoms with Gasteiger partial charge in [0.2, 0.25) is 5.91 Å². The predicted octanol–water partition coefficient (Wildman–Crippen LogP) is 4.45. The van der Waals surface area contributed by atoms with Crippen LogP contribution in [0.3, 0.4) is 0 Å². The molecule has 1 N–H and O–H groups in total. The van der Waals surface area contributed by atoms with Gasteiger partial charge in [-0.25, -0.2) is 0 Å². The number of hydrogen-bond acceptors (Lipinski definition) is 3. The van der Waals surface area contributed by atoms with E-state index in [2.05, 4.69) is 21.2 Å². The molecule has 0 saturated carbocycles. The van der Waals surface area contributed by atoms with Crippen molar-refractivity contribution in [1.82, 2.24) is 10.2 Å². The van der Waals surface area contributed by atoms with E-state index in [1.807, 2.05) is 63.2 Å². The minimum Gasteiger partial charge on any atom is -0.484 e. The average molecular weight is 475 g/mol. The predicted molar refractivity (Wildman–Crippen MR) is 123 cm³/mol. The molecule has 1 atom stereocenters. The van der Waals surface area contributed by atoms with Crippen molar-refractivity contribution < 1.29 is 14.3 Å². The van der Waals surface area contributed by atoms with Gasteiger partial charge in [0.05, 0.1) is 0 Å². The van der Waals surface area contributed by atoms with Gasteiger partial charge in [0.25, 0.3) is 5.91 Å². The molecule has 0 saturated heterocycles. The van der Waals surface area contributed by atoms with Crippen LogP contribution in [0, 0.1) is 5.92 Å². The molecule has 0 aliphatic rings. The normalized spacial score (nSPS) is 11.8. The highest BCUT2D eigenvalue weighted by atomic mass is 79.9. The van der Waals surface area contributed by atoms with Crippen LogP contribution < -0.4 is 10.1 Å². The van der Waals surface area contributed by atoms with E-state index in [0.29, 0.717) is 37.6 Å². The van der Waals surface area contributed by atoms with Gasteiger partial charge in [-0.15, -0.1) is 0 Å². The number of amides is 2. The summed E-state index contributed by atoms with van der Waals surface area (Å²) in [6, 6.07) is 16.8. The molecule has 0 spiro atoms. The van der Waals surface area contributed by atoms with Crippen molar-refractivity contribution >= 4 is 27.7 Å². The topological polar surface area (TPSA) is 58.6 Å². The summed E-state index contributed by atoms with van der Waals surface area (Å²) in [5, 5.41) is 2.97. The monoisotopic (exact) mass is 474 g/mol. The number of nitrogens with zero attached hydrogens (tertiary/aromatic N) is 1. The number of rotatable bonds is 11. The van der Waals surface area contributed by atoms with E-state index in [1.54, 1.807) is 17.0 Å². The number of benzene rings is 2. The van der Waals surface area contributed by atoms with Crippen LogP contribution in [0.5, 0.6) is 5.75 Å². The second kappa shape index (κ2) is 12.4. The Morgan fingerprint density at radius 1 is 1.07 bits per heavy atom. The van der Waals surface area contributed by atoms with E-state index in [-0.39, 0.29) is 18.4 Å². The third-order valence-corrected chi connectivity index (χ3v) is 5.26. The molecular formula is C24H31BrN2O3. The van der Waals surface area contributed by atoms with E-state index in [0.717, 1.165) is 10.0 Å². The van der Waals surface area contributed by atoms with Gasteiger partial charge < -0.3 is 15.0 Å². The number of hydrogen-bond donors (Lipinski definition) is 1. The Bertz CT molecular complexity index is 794. The van der Waals surface area contributed by atoms with Crippen molar-refractivity contribution in [1.29, 1.82) is 0 Å². The second-order valence-electron chi connectivity index (χ2n) is 7.63. The average Bonchev–Trinajstić information content (AvgIpc) is 2.75. The first-order valence-electron chi connectivity index (χ1n) is 10.4. The number of carbonyl (C=O) groups excluding carboxylic acids is 2. The maximum absolute atomic E-state index is 13.1. The zero-order valence-electron chi connectivity index (χ0n) is 17.9. The van der Waals surface area contributed by atoms with Crippen molar-refractivity contribution in [2.24, 2.45) is 5.92 Å². The molecule has 0 aromatic heterocycles. The Morgan fingerprint density at radius 2 is 1.73 bits per heavy atom. The molecule has 6 heteroatoms. The SMILES string of the molecule is CC[C@@H](C(=O)NCC(C)C)N(CCc1ccccc1)C(=O)COc1ccc(Br)cc1. The molecule has 0 fully saturated rings. The van der Waals surface area contributed by atoms with E-state index in [9.17, 15) is 9.59 Å². The van der Waals surface area contributed by atoms with Gasteiger partial charge in [0, 0.05) is 17.6 Å². The molecule has 2 amide bonds. The van der Waals surface area contributed by atoms with Crippen molar-refractivity contribution in [3.63, 3.8) is 0 Å². The Balaban J connectivity index is 2.09. The zero-order valence-corrected chi connectivity index (χ0v) is 19.5. The largest absolute Gasteiger partial charge is 0.484 e. The van der Waals surface area contributed by atoms with Crippen LogP contribution in [-0.2, 0) is 16.0 Å². The fourth-order valence-corrected chi connectivity index (χ4v) is 3.34. The summed E-state index contributed by atoms with van der Waals surface area (Å²) in [5.41, 5.74) is 1.13. The molecular weight excluding hydrogens is 444 g/mol. The van der Waals surface area contributed by atoms with Gasteiger partial charge in [-0.3, -0.25) is 9.59 Å². The van der Waals surface area contributed by atoms with E-state index >= 15 is 0 Å². The van der Waals surface area contributed by atoms with E-state index in [1.165, 1.54) is 0 Å². The minimum atomic E-state index is -0.520. The first-order valence-corrected chi connectivity index (χ1v) is 11.2. The van der Waals surface area contributed by atoms with Gasteiger partial charge in [0.1, 0.15) is 11.8 Å². The van der Waals surface area contributed by atoms with Crippen LogP contribution in [0.2, 0.25) is 0 Å². The summed E-state index contributed by atoms with van der Waals surface area (Å²) in [5.74, 6) is 0.657. The molecule has 0 unspecified atom stereocenters. The van der Waals surface area contributed by atoms with Gasteiger partial charge in [-0.1, -0.05) is 67.0 Å². The summed E-state index contributed by atoms with van der Waals surface area (Å²) < 4.78 is 6.63. The lowest BCUT2D eigenvalue weighted by Crippen LogP contribution is -2.51. The molecule has 0 bridgehead atoms. The summed E-state index contributed by atoms with van der Waals surface area (Å²) in [6.07, 6.45) is 1.22. The second-order valence-corrected chi connectivity index (χ2v) is 8.54. The molecule has 2 aromatic rings. The third kappa shape index (κ3) is 7.82. The quantitative estimate of drug-likeness (QED) is 0.523. The molecule has 30 heavy (non-hydrogen) atoms. The third-order valence-electron chi connectivity index (χ3n) is 4.73. The Kier molecular flexibility index (Phi) is 9.87. The highest BCUT2D eigenvalue weighted by molar-refractivity contribution is 9.10. The highest BCUT2D eigenvalue weighted by Crippen LogP contribution is 2.17. The summed E-state index contributed by atoms with van der Waals surface area (Å²) in [7, 11) is 0. The smallest absolute Gasteiger partial charge is 0.261 e. The summed E-state index contributed by atoms with van der Waals surface area (Å²) >= 11 is 3.39. The van der Waals surface area contributed by atoms with Crippen LogP contribution in [0.15, 0.2) is 59.1 Å². The lowest BCUT2D eigenvalue weighted by molar-refractivity contribution is -0.142. The standard InChI is InChI=1S/C24H31BrN2O3/c1-4-22(24(29)26-16-18(2)3)27(15-14-19-8-6-5-7-9-19)23(28)17-30-21-12-10-20(25)11-13-21/h5-13,18,22H,4,14-17H2,1-3H3,(H,26,29)/t22-/m0/s1. The maximum Gasteiger partial charge on any atom is 0.261 e. The Hall–Kier alpha value is -2.34. The van der Waals surface area contributed by atoms with Crippen LogP contribution in [0.1, 0.15) is 32.8 Å². The fourth-order valence-electron chi connectivity index (χ4n) is 3.08. The Morgan fingerprint density at radius 3 is 2.33 bits per heavy atom. The number of carbonyl (C=O) groups is 2. The zero-order chi connectivity index (χ0) is 21.9. The summed E-state index contributed by atoms with van der Waals surface area (Å²) in [4.78, 5) is 27.5. The van der Waals surface area contributed by atoms with Crippen molar-refractivity contribution in [3.8, 4) is 5.75 Å². The molecule has 5 nitrogen and oxygen atoms in total. The number of halogens is 1. The molecule has 0 aliphatic carbocycles. The van der Waals surface area contributed by atoms with Crippen LogP contribution >= 0.6 is 15.9 Å². The van der Waals surface area contributed by atoms with E-state index < -0.39 is 6.04 Å². The first-order chi connectivity index (χ1) is 14.4. The van der Waals surface area contributed by atoms with Crippen LogP contribution in [0.25, 0.3) is 0 Å². The molecule has 0 aliphatic heterocycles. The highest BCUT2D eigenvalue weighted by Gasteiger charge is 2.28. The van der Waals surface area contributed by atoms with E-state index in [4.69, 9.17) is 4.74 Å². The van der Waals surface area contributed by atoms with Gasteiger partial charge >= 0.3 is 0 Å². The number of ether oxygens (including phenoxy) is 1. The molecule has 0 heterocycles. The molecule has 2 aromatic carbocycles. The van der Waals surface area contributed by atoms with Crippen molar-refractivity contribution in [3.05, 3.63) is 64.6 Å². The Labute approximate surface area is 187 Å². The summed E-state index contributed by atoms with van der Waals surface area (Å²) in [6.45, 7) is 6.96. The van der Waals surface area contributed by atoms with Crippen LogP contribution in [0.4, 0.5) is 0 Å². The molecule has 2 rings (SSSR count). The number of nitrogens with one attached hydrogen (secondary N) is 1. The van der Waals surface area contributed by atoms with Crippen LogP contribution in [-0.4, -0.2) is 42.5 Å². The lowest BCUT2D eigenvalue weighted by Gasteiger charge is -2.30. The lowest BCUT2D eigenvalue weighted by atomic mass is 10.1. The molecule has 0 radical (unpaired) electrons. The van der Waals surface area contributed by atoms with Gasteiger partial charge in [0.15, 0.2) is 6.61 Å². The first kappa shape index (κ1) is 23.9. The maximum atomic E-state index is 13.1. The fraction of sp³-hybridized carbons (Fsp3) is 0.417. The van der Waals surface area contributed by atoms with Crippen molar-refractivity contribution in [2.45, 2.75) is 39.7 Å². The van der Waals surface area contributed by atoms with Crippen molar-refractivity contribution in [2.75, 3.05) is 19.7 Å². The van der Waals surface area contributed by atoms with Gasteiger partial charge in [-0.05, 0) is 48.6 Å². The minimum absolute atomic E-state index is 0.107. The van der Waals surface area contributed by atoms with Gasteiger partial charge in [-0.2, -0.15) is 0 Å². The molecule has 162 valence electrons.